The molecule has 0 aliphatic carbocycles. The van der Waals surface area contributed by atoms with Crippen LogP contribution in [0.3, 0.4) is 0 Å². The van der Waals surface area contributed by atoms with E-state index in [1.807, 2.05) is 12.4 Å². The van der Waals surface area contributed by atoms with Gasteiger partial charge in [-0.1, -0.05) is 6.07 Å². The summed E-state index contributed by atoms with van der Waals surface area (Å²) < 4.78 is 5.52. The van der Waals surface area contributed by atoms with Crippen molar-refractivity contribution < 1.29 is 4.74 Å². The molecule has 1 aliphatic heterocycles. The van der Waals surface area contributed by atoms with Gasteiger partial charge in [0.05, 0.1) is 7.11 Å². The molecule has 1 unspecified atom stereocenters. The molecule has 6 heteroatoms. The number of thioether (sulfide) groups is 1. The summed E-state index contributed by atoms with van der Waals surface area (Å²) >= 11 is 1.72. The normalized spacial score (nSPS) is 18.0. The number of halogens is 1. The number of aromatic nitrogens is 1. The lowest BCUT2D eigenvalue weighted by atomic mass is 10.0. The lowest BCUT2D eigenvalue weighted by molar-refractivity contribution is 0.153. The molecule has 1 N–H and O–H groups in total. The van der Waals surface area contributed by atoms with Crippen LogP contribution in [0.25, 0.3) is 0 Å². The highest BCUT2D eigenvalue weighted by Gasteiger charge is 2.23. The van der Waals surface area contributed by atoms with E-state index in [9.17, 15) is 0 Å². The average Bonchev–Trinajstić information content (AvgIpc) is 2.63. The molecule has 4 nitrogen and oxygen atoms in total. The Morgan fingerprint density at radius 3 is 2.79 bits per heavy atom. The van der Waals surface area contributed by atoms with Gasteiger partial charge in [0.1, 0.15) is 5.75 Å². The molecule has 0 saturated carbocycles. The van der Waals surface area contributed by atoms with Crippen LogP contribution in [0.1, 0.15) is 17.2 Å². The second-order valence-corrected chi connectivity index (χ2v) is 6.51. The smallest absolute Gasteiger partial charge is 0.132 e. The monoisotopic (exact) mass is 365 g/mol. The average molecular weight is 366 g/mol. The zero-order chi connectivity index (χ0) is 16.1. The van der Waals surface area contributed by atoms with Crippen molar-refractivity contribution in [1.82, 2.24) is 15.2 Å². The SMILES string of the molecule is COc1cc(CN2CCNCC2c2ccncc2)ccc1SC.Cl. The molecule has 2 heterocycles. The summed E-state index contributed by atoms with van der Waals surface area (Å²) in [4.78, 5) is 7.84. The third-order valence-corrected chi connectivity index (χ3v) is 5.06. The molecule has 1 aliphatic rings. The Morgan fingerprint density at radius 1 is 1.29 bits per heavy atom. The van der Waals surface area contributed by atoms with Gasteiger partial charge in [0.25, 0.3) is 0 Å². The Bertz CT molecular complexity index is 641. The van der Waals surface area contributed by atoms with E-state index in [0.29, 0.717) is 6.04 Å². The standard InChI is InChI=1S/C18H23N3OS.ClH/c1-22-17-11-14(3-4-18(17)23-2)13-21-10-9-20-12-16(21)15-5-7-19-8-6-15;/h3-8,11,16,20H,9-10,12-13H2,1-2H3;1H. The van der Waals surface area contributed by atoms with Crippen LogP contribution in [0.5, 0.6) is 5.75 Å². The third-order valence-electron chi connectivity index (χ3n) is 4.28. The summed E-state index contributed by atoms with van der Waals surface area (Å²) in [6, 6.07) is 11.1. The van der Waals surface area contributed by atoms with E-state index in [2.05, 4.69) is 51.8 Å². The minimum absolute atomic E-state index is 0. The second-order valence-electron chi connectivity index (χ2n) is 5.66. The molecule has 3 rings (SSSR count). The van der Waals surface area contributed by atoms with Gasteiger partial charge < -0.3 is 10.1 Å². The van der Waals surface area contributed by atoms with Crippen molar-refractivity contribution in [3.63, 3.8) is 0 Å². The number of piperazine rings is 1. The molecule has 1 aromatic carbocycles. The van der Waals surface area contributed by atoms with Crippen molar-refractivity contribution in [1.29, 1.82) is 0 Å². The van der Waals surface area contributed by atoms with E-state index >= 15 is 0 Å². The van der Waals surface area contributed by atoms with Crippen molar-refractivity contribution in [2.75, 3.05) is 33.0 Å². The molecule has 0 spiro atoms. The van der Waals surface area contributed by atoms with Crippen LogP contribution in [0.2, 0.25) is 0 Å². The fourth-order valence-electron chi connectivity index (χ4n) is 3.06. The van der Waals surface area contributed by atoms with E-state index in [0.717, 1.165) is 31.9 Å². The topological polar surface area (TPSA) is 37.4 Å². The third kappa shape index (κ3) is 4.42. The summed E-state index contributed by atoms with van der Waals surface area (Å²) in [6.45, 7) is 3.98. The Kier molecular flexibility index (Phi) is 7.37. The Labute approximate surface area is 154 Å². The molecule has 1 aromatic heterocycles. The Morgan fingerprint density at radius 2 is 2.08 bits per heavy atom. The maximum Gasteiger partial charge on any atom is 0.132 e. The van der Waals surface area contributed by atoms with Gasteiger partial charge in [0.2, 0.25) is 0 Å². The summed E-state index contributed by atoms with van der Waals surface area (Å²) in [5.74, 6) is 0.964. The largest absolute Gasteiger partial charge is 0.496 e. The predicted octanol–water partition coefficient (Wildman–Crippen LogP) is 3.38. The second kappa shape index (κ2) is 9.28. The first-order chi connectivity index (χ1) is 11.3. The van der Waals surface area contributed by atoms with Crippen LogP contribution in [-0.2, 0) is 6.54 Å². The molecule has 24 heavy (non-hydrogen) atoms. The van der Waals surface area contributed by atoms with Crippen LogP contribution in [-0.4, -0.2) is 42.9 Å². The van der Waals surface area contributed by atoms with E-state index in [4.69, 9.17) is 4.74 Å². The number of ether oxygens (including phenoxy) is 1. The number of hydrogen-bond donors (Lipinski definition) is 1. The van der Waals surface area contributed by atoms with Gasteiger partial charge in [-0.05, 0) is 41.6 Å². The van der Waals surface area contributed by atoms with E-state index in [1.54, 1.807) is 18.9 Å². The molecular formula is C18H24ClN3OS. The molecular weight excluding hydrogens is 342 g/mol. The molecule has 2 aromatic rings. The Balaban J connectivity index is 0.00000208. The summed E-state index contributed by atoms with van der Waals surface area (Å²) in [7, 11) is 1.74. The molecule has 130 valence electrons. The number of methoxy groups -OCH3 is 1. The Hall–Kier alpha value is -1.27. The van der Waals surface area contributed by atoms with Gasteiger partial charge in [-0.25, -0.2) is 0 Å². The zero-order valence-corrected chi connectivity index (χ0v) is 15.7. The van der Waals surface area contributed by atoms with Crippen LogP contribution >= 0.6 is 24.2 Å². The number of nitrogens with zero attached hydrogens (tertiary/aromatic N) is 2. The minimum atomic E-state index is 0. The lowest BCUT2D eigenvalue weighted by Crippen LogP contribution is -2.45. The summed E-state index contributed by atoms with van der Waals surface area (Å²) in [5.41, 5.74) is 2.61. The van der Waals surface area contributed by atoms with Crippen LogP contribution in [0.15, 0.2) is 47.6 Å². The van der Waals surface area contributed by atoms with Gasteiger partial charge in [-0.2, -0.15) is 0 Å². The maximum atomic E-state index is 5.52. The molecule has 1 atom stereocenters. The number of pyridine rings is 1. The van der Waals surface area contributed by atoms with Crippen molar-refractivity contribution in [2.24, 2.45) is 0 Å². The summed E-state index contributed by atoms with van der Waals surface area (Å²) in [6.07, 6.45) is 5.82. The fraction of sp³-hybridized carbons (Fsp3) is 0.389. The van der Waals surface area contributed by atoms with Crippen molar-refractivity contribution in [2.45, 2.75) is 17.5 Å². The van der Waals surface area contributed by atoms with Gasteiger partial charge in [0, 0.05) is 49.5 Å². The quantitative estimate of drug-likeness (QED) is 0.822. The van der Waals surface area contributed by atoms with E-state index < -0.39 is 0 Å². The van der Waals surface area contributed by atoms with Gasteiger partial charge >= 0.3 is 0 Å². The number of benzene rings is 1. The minimum Gasteiger partial charge on any atom is -0.496 e. The van der Waals surface area contributed by atoms with E-state index in [-0.39, 0.29) is 12.4 Å². The summed E-state index contributed by atoms with van der Waals surface area (Å²) in [5, 5.41) is 3.50. The first kappa shape index (κ1) is 19.1. The number of nitrogens with one attached hydrogen (secondary N) is 1. The highest BCUT2D eigenvalue weighted by Crippen LogP contribution is 2.30. The zero-order valence-electron chi connectivity index (χ0n) is 14.1. The molecule has 1 fully saturated rings. The van der Waals surface area contributed by atoms with Crippen LogP contribution in [0.4, 0.5) is 0 Å². The van der Waals surface area contributed by atoms with Gasteiger partial charge in [0.15, 0.2) is 0 Å². The predicted molar refractivity (Wildman–Crippen MR) is 102 cm³/mol. The van der Waals surface area contributed by atoms with Crippen molar-refractivity contribution >= 4 is 24.2 Å². The molecule has 1 saturated heterocycles. The lowest BCUT2D eigenvalue weighted by Gasteiger charge is -2.36. The molecule has 0 bridgehead atoms. The molecule has 0 radical (unpaired) electrons. The van der Waals surface area contributed by atoms with Crippen molar-refractivity contribution in [3.8, 4) is 5.75 Å². The molecule has 0 amide bonds. The first-order valence-electron chi connectivity index (χ1n) is 7.87. The van der Waals surface area contributed by atoms with E-state index in [1.165, 1.54) is 16.0 Å². The first-order valence-corrected chi connectivity index (χ1v) is 9.10. The number of hydrogen-bond acceptors (Lipinski definition) is 5. The van der Waals surface area contributed by atoms with Gasteiger partial charge in [-0.15, -0.1) is 24.2 Å². The highest BCUT2D eigenvalue weighted by atomic mass is 35.5. The fourth-order valence-corrected chi connectivity index (χ4v) is 3.61. The van der Waals surface area contributed by atoms with Crippen LogP contribution < -0.4 is 10.1 Å². The number of rotatable bonds is 5. The van der Waals surface area contributed by atoms with Crippen molar-refractivity contribution in [3.05, 3.63) is 53.9 Å². The van der Waals surface area contributed by atoms with Gasteiger partial charge in [-0.3, -0.25) is 9.88 Å². The maximum absolute atomic E-state index is 5.52. The van der Waals surface area contributed by atoms with Crippen LogP contribution in [0, 0.1) is 0 Å². The highest BCUT2D eigenvalue weighted by molar-refractivity contribution is 7.98.